The van der Waals surface area contributed by atoms with Crippen molar-refractivity contribution in [3.63, 3.8) is 0 Å². The molecule has 0 spiro atoms. The molecule has 0 aliphatic carbocycles. The Morgan fingerprint density at radius 3 is 2.60 bits per heavy atom. The predicted molar refractivity (Wildman–Crippen MR) is 114 cm³/mol. The van der Waals surface area contributed by atoms with Crippen LogP contribution in [0.25, 0.3) is 11.1 Å². The van der Waals surface area contributed by atoms with E-state index in [4.69, 9.17) is 16.3 Å². The summed E-state index contributed by atoms with van der Waals surface area (Å²) in [7, 11) is 1.51. The van der Waals surface area contributed by atoms with Crippen LogP contribution in [0.3, 0.4) is 0 Å². The maximum Gasteiger partial charge on any atom is 0.256 e. The van der Waals surface area contributed by atoms with Gasteiger partial charge in [0.1, 0.15) is 12.1 Å². The fourth-order valence-corrected chi connectivity index (χ4v) is 4.25. The molecular formula is C22H21ClN4O3. The molecule has 0 bridgehead atoms. The molecule has 1 amide bonds. The molecule has 1 aliphatic rings. The van der Waals surface area contributed by atoms with E-state index in [1.54, 1.807) is 17.3 Å². The summed E-state index contributed by atoms with van der Waals surface area (Å²) in [4.78, 5) is 38.5. The van der Waals surface area contributed by atoms with Crippen LogP contribution in [-0.2, 0) is 13.0 Å². The third-order valence-corrected chi connectivity index (χ3v) is 5.78. The van der Waals surface area contributed by atoms with Gasteiger partial charge in [-0.15, -0.1) is 0 Å². The number of H-pyrrole nitrogens is 1. The van der Waals surface area contributed by atoms with E-state index in [-0.39, 0.29) is 23.0 Å². The van der Waals surface area contributed by atoms with Gasteiger partial charge in [-0.25, -0.2) is 9.97 Å². The molecule has 30 heavy (non-hydrogen) atoms. The van der Waals surface area contributed by atoms with E-state index >= 15 is 0 Å². The number of hydrogen-bond acceptors (Lipinski definition) is 5. The standard InChI is InChI=1S/C22H21ClN4O3/c1-12-6-13(2)26-21(28)17(12)10-27-5-4-15-16(14-8-24-11-25-9-14)7-18(30-3)20(23)19(15)22(27)29/h6-9,11H,4-5,10H2,1-3H3,(H,26,28). The highest BCUT2D eigenvalue weighted by Gasteiger charge is 2.32. The summed E-state index contributed by atoms with van der Waals surface area (Å²) in [5.41, 5.74) is 4.90. The quantitative estimate of drug-likeness (QED) is 0.694. The maximum absolute atomic E-state index is 13.4. The smallest absolute Gasteiger partial charge is 0.256 e. The van der Waals surface area contributed by atoms with Crippen LogP contribution in [-0.4, -0.2) is 39.4 Å². The minimum Gasteiger partial charge on any atom is -0.495 e. The van der Waals surface area contributed by atoms with Crippen LogP contribution in [0.1, 0.15) is 32.7 Å². The summed E-state index contributed by atoms with van der Waals surface area (Å²) < 4.78 is 5.43. The number of ether oxygens (including phenoxy) is 1. The largest absolute Gasteiger partial charge is 0.495 e. The number of aryl methyl sites for hydroxylation is 2. The number of halogens is 1. The van der Waals surface area contributed by atoms with Gasteiger partial charge < -0.3 is 14.6 Å². The van der Waals surface area contributed by atoms with Crippen molar-refractivity contribution in [2.75, 3.05) is 13.7 Å². The van der Waals surface area contributed by atoms with Gasteiger partial charge in [0.15, 0.2) is 0 Å². The predicted octanol–water partition coefficient (Wildman–Crippen LogP) is 3.31. The SMILES string of the molecule is COc1cc(-c2cncnc2)c2c(c1Cl)C(=O)N(Cc1c(C)cc(C)[nH]c1=O)CC2. The van der Waals surface area contributed by atoms with E-state index in [9.17, 15) is 9.59 Å². The van der Waals surface area contributed by atoms with Crippen LogP contribution in [0.15, 0.2) is 35.6 Å². The summed E-state index contributed by atoms with van der Waals surface area (Å²) in [6, 6.07) is 3.72. The fourth-order valence-electron chi connectivity index (χ4n) is 3.93. The number of carbonyl (C=O) groups is 1. The van der Waals surface area contributed by atoms with Gasteiger partial charge in [0.05, 0.1) is 24.2 Å². The van der Waals surface area contributed by atoms with Gasteiger partial charge in [-0.2, -0.15) is 0 Å². The topological polar surface area (TPSA) is 88.2 Å². The molecule has 0 atom stereocenters. The van der Waals surface area contributed by atoms with Crippen LogP contribution in [0.2, 0.25) is 5.02 Å². The fraction of sp³-hybridized carbons (Fsp3) is 0.273. The van der Waals surface area contributed by atoms with Crippen LogP contribution in [0.4, 0.5) is 0 Å². The Morgan fingerprint density at radius 2 is 1.93 bits per heavy atom. The molecule has 1 aromatic carbocycles. The molecular weight excluding hydrogens is 404 g/mol. The molecule has 2 aromatic heterocycles. The van der Waals surface area contributed by atoms with Crippen LogP contribution in [0.5, 0.6) is 5.75 Å². The maximum atomic E-state index is 13.4. The normalized spacial score (nSPS) is 13.3. The second-order valence-electron chi connectivity index (χ2n) is 7.34. The Balaban J connectivity index is 1.79. The number of nitrogens with zero attached hydrogens (tertiary/aromatic N) is 3. The van der Waals surface area contributed by atoms with Gasteiger partial charge in [0.25, 0.3) is 11.5 Å². The number of benzene rings is 1. The van der Waals surface area contributed by atoms with Crippen LogP contribution >= 0.6 is 11.6 Å². The lowest BCUT2D eigenvalue weighted by molar-refractivity contribution is 0.0726. The molecule has 154 valence electrons. The highest BCUT2D eigenvalue weighted by Crippen LogP contribution is 2.40. The minimum atomic E-state index is -0.224. The Kier molecular flexibility index (Phi) is 5.30. The third kappa shape index (κ3) is 3.45. The van der Waals surface area contributed by atoms with E-state index in [1.807, 2.05) is 26.0 Å². The van der Waals surface area contributed by atoms with Crippen LogP contribution < -0.4 is 10.3 Å². The number of methoxy groups -OCH3 is 1. The lowest BCUT2D eigenvalue weighted by atomic mass is 9.90. The summed E-state index contributed by atoms with van der Waals surface area (Å²) >= 11 is 6.56. The zero-order valence-corrected chi connectivity index (χ0v) is 17.7. The highest BCUT2D eigenvalue weighted by molar-refractivity contribution is 6.35. The number of fused-ring (bicyclic) bond motifs is 1. The molecule has 3 heterocycles. The molecule has 0 saturated carbocycles. The Hall–Kier alpha value is -3.19. The number of hydrogen-bond donors (Lipinski definition) is 1. The molecule has 0 radical (unpaired) electrons. The highest BCUT2D eigenvalue weighted by atomic mass is 35.5. The van der Waals surface area contributed by atoms with Crippen molar-refractivity contribution < 1.29 is 9.53 Å². The third-order valence-electron chi connectivity index (χ3n) is 5.41. The first-order chi connectivity index (χ1) is 14.4. The summed E-state index contributed by atoms with van der Waals surface area (Å²) in [6.07, 6.45) is 5.44. The molecule has 3 aromatic rings. The Bertz CT molecular complexity index is 1190. The van der Waals surface area contributed by atoms with Crippen molar-refractivity contribution >= 4 is 17.5 Å². The summed E-state index contributed by atoms with van der Waals surface area (Å²) in [6.45, 7) is 4.41. The first-order valence-corrected chi connectivity index (χ1v) is 9.92. The number of amides is 1. The van der Waals surface area contributed by atoms with Gasteiger partial charge >= 0.3 is 0 Å². The van der Waals surface area contributed by atoms with Gasteiger partial charge in [-0.05, 0) is 49.1 Å². The first-order valence-electron chi connectivity index (χ1n) is 9.54. The van der Waals surface area contributed by atoms with Crippen molar-refractivity contribution in [3.05, 3.63) is 74.2 Å². The number of pyridine rings is 1. The van der Waals surface area contributed by atoms with Crippen molar-refractivity contribution in [2.45, 2.75) is 26.8 Å². The number of rotatable bonds is 4. The van der Waals surface area contributed by atoms with E-state index in [2.05, 4.69) is 15.0 Å². The average molecular weight is 425 g/mol. The summed E-state index contributed by atoms with van der Waals surface area (Å²) in [5, 5.41) is 0.275. The summed E-state index contributed by atoms with van der Waals surface area (Å²) in [5.74, 6) is 0.187. The lowest BCUT2D eigenvalue weighted by Gasteiger charge is -2.31. The molecule has 0 saturated heterocycles. The molecule has 7 nitrogen and oxygen atoms in total. The molecule has 4 rings (SSSR count). The second-order valence-corrected chi connectivity index (χ2v) is 7.72. The Labute approximate surface area is 178 Å². The van der Waals surface area contributed by atoms with E-state index in [1.165, 1.54) is 13.4 Å². The monoisotopic (exact) mass is 424 g/mol. The van der Waals surface area contributed by atoms with Crippen molar-refractivity contribution in [1.82, 2.24) is 19.9 Å². The van der Waals surface area contributed by atoms with E-state index < -0.39 is 0 Å². The molecule has 1 aliphatic heterocycles. The second kappa shape index (κ2) is 7.91. The van der Waals surface area contributed by atoms with E-state index in [0.717, 1.165) is 27.9 Å². The van der Waals surface area contributed by atoms with Gasteiger partial charge in [0.2, 0.25) is 0 Å². The molecule has 0 fully saturated rings. The zero-order chi connectivity index (χ0) is 21.4. The zero-order valence-electron chi connectivity index (χ0n) is 17.0. The van der Waals surface area contributed by atoms with Crippen molar-refractivity contribution in [3.8, 4) is 16.9 Å². The average Bonchev–Trinajstić information content (AvgIpc) is 2.72. The van der Waals surface area contributed by atoms with Crippen molar-refractivity contribution in [1.29, 1.82) is 0 Å². The Morgan fingerprint density at radius 1 is 1.20 bits per heavy atom. The van der Waals surface area contributed by atoms with E-state index in [0.29, 0.717) is 29.8 Å². The minimum absolute atomic E-state index is 0.176. The lowest BCUT2D eigenvalue weighted by Crippen LogP contribution is -2.39. The van der Waals surface area contributed by atoms with Gasteiger partial charge in [-0.1, -0.05) is 11.6 Å². The van der Waals surface area contributed by atoms with Gasteiger partial charge in [0, 0.05) is 35.8 Å². The first kappa shape index (κ1) is 20.1. The van der Waals surface area contributed by atoms with Crippen molar-refractivity contribution in [2.24, 2.45) is 0 Å². The van der Waals surface area contributed by atoms with Crippen LogP contribution in [0, 0.1) is 13.8 Å². The number of aromatic nitrogens is 3. The number of aromatic amines is 1. The molecule has 1 N–H and O–H groups in total. The molecule has 0 unspecified atom stereocenters. The number of nitrogens with one attached hydrogen (secondary N) is 1. The van der Waals surface area contributed by atoms with Gasteiger partial charge in [-0.3, -0.25) is 9.59 Å². The molecule has 8 heteroatoms. The number of carbonyl (C=O) groups excluding carboxylic acids is 1.